The Balaban J connectivity index is 1.99. The first kappa shape index (κ1) is 13.1. The van der Waals surface area contributed by atoms with Gasteiger partial charge in [-0.3, -0.25) is 9.69 Å². The molecule has 3 N–H and O–H groups in total. The van der Waals surface area contributed by atoms with E-state index in [2.05, 4.69) is 17.1 Å². The second-order valence-corrected chi connectivity index (χ2v) is 4.84. The second-order valence-electron chi connectivity index (χ2n) is 4.84. The van der Waals surface area contributed by atoms with Gasteiger partial charge in [-0.2, -0.15) is 0 Å². The predicted molar refractivity (Wildman–Crippen MR) is 72.3 cm³/mol. The lowest BCUT2D eigenvalue weighted by atomic mass is 10.1. The highest BCUT2D eigenvalue weighted by atomic mass is 16.1. The SMILES string of the molecule is CCCN(Cc1ccc(C(N)=O)cc1)C1CNC1. The van der Waals surface area contributed by atoms with E-state index in [0.29, 0.717) is 11.6 Å². The van der Waals surface area contributed by atoms with Crippen molar-refractivity contribution in [3.05, 3.63) is 35.4 Å². The van der Waals surface area contributed by atoms with E-state index in [0.717, 1.165) is 32.6 Å². The van der Waals surface area contributed by atoms with E-state index in [4.69, 9.17) is 5.73 Å². The molecule has 98 valence electrons. The maximum Gasteiger partial charge on any atom is 0.248 e. The molecule has 1 aromatic rings. The first-order chi connectivity index (χ1) is 8.70. The Morgan fingerprint density at radius 1 is 1.39 bits per heavy atom. The van der Waals surface area contributed by atoms with Crippen LogP contribution in [0.5, 0.6) is 0 Å². The summed E-state index contributed by atoms with van der Waals surface area (Å²) in [6.45, 7) is 6.43. The fourth-order valence-corrected chi connectivity index (χ4v) is 2.22. The molecule has 0 atom stereocenters. The van der Waals surface area contributed by atoms with Gasteiger partial charge in [-0.15, -0.1) is 0 Å². The molecule has 0 bridgehead atoms. The van der Waals surface area contributed by atoms with Crippen LogP contribution in [0.1, 0.15) is 29.3 Å². The third-order valence-corrected chi connectivity index (χ3v) is 3.41. The second kappa shape index (κ2) is 5.98. The first-order valence-corrected chi connectivity index (χ1v) is 6.54. The van der Waals surface area contributed by atoms with Crippen LogP contribution in [-0.4, -0.2) is 36.5 Å². The quantitative estimate of drug-likeness (QED) is 0.787. The summed E-state index contributed by atoms with van der Waals surface area (Å²) in [6.07, 6.45) is 1.16. The van der Waals surface area contributed by atoms with Crippen LogP contribution in [0.25, 0.3) is 0 Å². The molecule has 0 saturated carbocycles. The van der Waals surface area contributed by atoms with Crippen LogP contribution in [0.2, 0.25) is 0 Å². The Bertz CT molecular complexity index is 398. The largest absolute Gasteiger partial charge is 0.366 e. The lowest BCUT2D eigenvalue weighted by molar-refractivity contribution is 0.1000. The number of hydrogen-bond acceptors (Lipinski definition) is 3. The standard InChI is InChI=1S/C14H21N3O/c1-2-7-17(13-8-16-9-13)10-11-3-5-12(6-4-11)14(15)18/h3-6,13,16H,2,7-10H2,1H3,(H2,15,18). The Kier molecular flexibility index (Phi) is 4.33. The van der Waals surface area contributed by atoms with E-state index in [9.17, 15) is 4.79 Å². The lowest BCUT2D eigenvalue weighted by Crippen LogP contribution is -2.56. The number of primary amides is 1. The molecule has 4 nitrogen and oxygen atoms in total. The van der Waals surface area contributed by atoms with Gasteiger partial charge in [0, 0.05) is 31.2 Å². The molecule has 0 spiro atoms. The molecule has 1 aromatic carbocycles. The monoisotopic (exact) mass is 247 g/mol. The summed E-state index contributed by atoms with van der Waals surface area (Å²) in [5.74, 6) is -0.366. The minimum absolute atomic E-state index is 0.366. The van der Waals surface area contributed by atoms with Gasteiger partial charge in [0.15, 0.2) is 0 Å². The van der Waals surface area contributed by atoms with Crippen LogP contribution in [0.3, 0.4) is 0 Å². The molecule has 0 unspecified atom stereocenters. The number of nitrogens with one attached hydrogen (secondary N) is 1. The van der Waals surface area contributed by atoms with Gasteiger partial charge in [-0.25, -0.2) is 0 Å². The van der Waals surface area contributed by atoms with Crippen LogP contribution >= 0.6 is 0 Å². The van der Waals surface area contributed by atoms with Crippen molar-refractivity contribution in [3.8, 4) is 0 Å². The Morgan fingerprint density at radius 3 is 2.50 bits per heavy atom. The molecule has 2 rings (SSSR count). The van der Waals surface area contributed by atoms with E-state index in [1.54, 1.807) is 12.1 Å². The Morgan fingerprint density at radius 2 is 2.06 bits per heavy atom. The van der Waals surface area contributed by atoms with Crippen molar-refractivity contribution in [1.29, 1.82) is 0 Å². The van der Waals surface area contributed by atoms with Crippen molar-refractivity contribution >= 4 is 5.91 Å². The highest BCUT2D eigenvalue weighted by Gasteiger charge is 2.23. The van der Waals surface area contributed by atoms with E-state index in [-0.39, 0.29) is 5.91 Å². The number of rotatable bonds is 6. The van der Waals surface area contributed by atoms with Crippen LogP contribution in [0.4, 0.5) is 0 Å². The van der Waals surface area contributed by atoms with Crippen LogP contribution in [0, 0.1) is 0 Å². The van der Waals surface area contributed by atoms with Gasteiger partial charge in [-0.1, -0.05) is 19.1 Å². The topological polar surface area (TPSA) is 58.4 Å². The van der Waals surface area contributed by atoms with Gasteiger partial charge < -0.3 is 11.1 Å². The summed E-state index contributed by atoms with van der Waals surface area (Å²) in [4.78, 5) is 13.5. The summed E-state index contributed by atoms with van der Waals surface area (Å²) < 4.78 is 0. The number of nitrogens with two attached hydrogens (primary N) is 1. The molecule has 1 fully saturated rings. The van der Waals surface area contributed by atoms with Crippen LogP contribution < -0.4 is 11.1 Å². The fraction of sp³-hybridized carbons (Fsp3) is 0.500. The molecule has 18 heavy (non-hydrogen) atoms. The van der Waals surface area contributed by atoms with Crippen molar-refractivity contribution < 1.29 is 4.79 Å². The van der Waals surface area contributed by atoms with Gasteiger partial charge in [0.1, 0.15) is 0 Å². The summed E-state index contributed by atoms with van der Waals surface area (Å²) in [5.41, 5.74) is 7.05. The summed E-state index contributed by atoms with van der Waals surface area (Å²) >= 11 is 0. The van der Waals surface area contributed by atoms with Crippen LogP contribution in [-0.2, 0) is 6.54 Å². The smallest absolute Gasteiger partial charge is 0.248 e. The molecule has 1 aliphatic heterocycles. The number of nitrogens with zero attached hydrogens (tertiary/aromatic N) is 1. The van der Waals surface area contributed by atoms with E-state index < -0.39 is 0 Å². The van der Waals surface area contributed by atoms with Crippen molar-refractivity contribution in [2.45, 2.75) is 25.9 Å². The summed E-state index contributed by atoms with van der Waals surface area (Å²) in [7, 11) is 0. The zero-order chi connectivity index (χ0) is 13.0. The molecule has 1 heterocycles. The number of amides is 1. The minimum Gasteiger partial charge on any atom is -0.366 e. The predicted octanol–water partition coefficient (Wildman–Crippen LogP) is 0.969. The molecule has 4 heteroatoms. The van der Waals surface area contributed by atoms with Gasteiger partial charge in [0.05, 0.1) is 0 Å². The maximum absolute atomic E-state index is 11.0. The summed E-state index contributed by atoms with van der Waals surface area (Å²) in [5, 5.41) is 3.31. The van der Waals surface area contributed by atoms with Crippen molar-refractivity contribution in [2.24, 2.45) is 5.73 Å². The lowest BCUT2D eigenvalue weighted by Gasteiger charge is -2.38. The Hall–Kier alpha value is -1.39. The van der Waals surface area contributed by atoms with E-state index in [1.165, 1.54) is 5.56 Å². The van der Waals surface area contributed by atoms with Crippen LogP contribution in [0.15, 0.2) is 24.3 Å². The zero-order valence-electron chi connectivity index (χ0n) is 10.9. The molecule has 0 aromatic heterocycles. The van der Waals surface area contributed by atoms with Crippen molar-refractivity contribution in [2.75, 3.05) is 19.6 Å². The molecular formula is C14H21N3O. The van der Waals surface area contributed by atoms with Crippen molar-refractivity contribution in [1.82, 2.24) is 10.2 Å². The zero-order valence-corrected chi connectivity index (χ0v) is 10.9. The van der Waals surface area contributed by atoms with E-state index >= 15 is 0 Å². The highest BCUT2D eigenvalue weighted by Crippen LogP contribution is 2.13. The van der Waals surface area contributed by atoms with Crippen molar-refractivity contribution in [3.63, 3.8) is 0 Å². The number of carbonyl (C=O) groups is 1. The van der Waals surface area contributed by atoms with Gasteiger partial charge in [0.25, 0.3) is 0 Å². The number of carbonyl (C=O) groups excluding carboxylic acids is 1. The average molecular weight is 247 g/mol. The van der Waals surface area contributed by atoms with Gasteiger partial charge >= 0.3 is 0 Å². The van der Waals surface area contributed by atoms with E-state index in [1.807, 2.05) is 12.1 Å². The highest BCUT2D eigenvalue weighted by molar-refractivity contribution is 5.92. The molecule has 1 saturated heterocycles. The van der Waals surface area contributed by atoms with Gasteiger partial charge in [0.2, 0.25) is 5.91 Å². The third kappa shape index (κ3) is 3.09. The minimum atomic E-state index is -0.366. The van der Waals surface area contributed by atoms with Gasteiger partial charge in [-0.05, 0) is 30.7 Å². The molecule has 0 aliphatic carbocycles. The maximum atomic E-state index is 11.0. The molecule has 0 radical (unpaired) electrons. The molecular weight excluding hydrogens is 226 g/mol. The third-order valence-electron chi connectivity index (χ3n) is 3.41. The fourth-order valence-electron chi connectivity index (χ4n) is 2.22. The molecule has 1 aliphatic rings. The number of hydrogen-bond donors (Lipinski definition) is 2. The number of benzene rings is 1. The average Bonchev–Trinajstić information content (AvgIpc) is 2.27. The normalized spacial score (nSPS) is 15.7. The summed E-state index contributed by atoms with van der Waals surface area (Å²) in [6, 6.07) is 8.26. The Labute approximate surface area is 108 Å². The first-order valence-electron chi connectivity index (χ1n) is 6.54. The molecule has 1 amide bonds.